The van der Waals surface area contributed by atoms with Gasteiger partial charge in [-0.2, -0.15) is 4.39 Å². The third-order valence-corrected chi connectivity index (χ3v) is 2.90. The zero-order valence-electron chi connectivity index (χ0n) is 9.17. The predicted molar refractivity (Wildman–Crippen MR) is 59.0 cm³/mol. The van der Waals surface area contributed by atoms with Gasteiger partial charge in [-0.15, -0.1) is 0 Å². The molecule has 1 fully saturated rings. The molecule has 17 heavy (non-hydrogen) atoms. The molecule has 0 radical (unpaired) electrons. The third kappa shape index (κ3) is 2.59. The molecular formula is C11H13FN2O3. The minimum atomic E-state index is -0.779. The zero-order chi connectivity index (χ0) is 12.4. The Morgan fingerprint density at radius 1 is 1.59 bits per heavy atom. The van der Waals surface area contributed by atoms with E-state index in [1.54, 1.807) is 0 Å². The van der Waals surface area contributed by atoms with Crippen LogP contribution in [0.3, 0.4) is 0 Å². The number of β-amino-alcohol motifs (C(OH)–C–C–N with tert-alkyl or cyclic N) is 1. The quantitative estimate of drug-likeness (QED) is 0.638. The number of nitro benzene ring substituents is 1. The highest BCUT2D eigenvalue weighted by molar-refractivity contribution is 5.36. The lowest BCUT2D eigenvalue weighted by Crippen LogP contribution is -2.22. The first-order valence-electron chi connectivity index (χ1n) is 5.40. The van der Waals surface area contributed by atoms with Gasteiger partial charge in [0.2, 0.25) is 5.82 Å². The van der Waals surface area contributed by atoms with Crippen LogP contribution in [0.4, 0.5) is 10.1 Å². The summed E-state index contributed by atoms with van der Waals surface area (Å²) in [6.45, 7) is 1.47. The Morgan fingerprint density at radius 2 is 2.35 bits per heavy atom. The van der Waals surface area contributed by atoms with Crippen LogP contribution in [-0.4, -0.2) is 34.1 Å². The first-order valence-corrected chi connectivity index (χ1v) is 5.40. The average molecular weight is 240 g/mol. The Hall–Kier alpha value is -1.53. The van der Waals surface area contributed by atoms with Crippen LogP contribution in [-0.2, 0) is 6.54 Å². The van der Waals surface area contributed by atoms with Gasteiger partial charge in [-0.25, -0.2) is 0 Å². The Bertz CT molecular complexity index is 439. The molecule has 1 saturated heterocycles. The van der Waals surface area contributed by atoms with E-state index in [2.05, 4.69) is 0 Å². The third-order valence-electron chi connectivity index (χ3n) is 2.90. The number of aliphatic hydroxyl groups excluding tert-OH is 1. The highest BCUT2D eigenvalue weighted by Crippen LogP contribution is 2.22. The number of nitro groups is 1. The molecule has 1 aromatic rings. The van der Waals surface area contributed by atoms with Crippen molar-refractivity contribution in [1.82, 2.24) is 4.90 Å². The second kappa shape index (κ2) is 4.77. The average Bonchev–Trinajstić information content (AvgIpc) is 2.67. The van der Waals surface area contributed by atoms with E-state index in [0.29, 0.717) is 31.6 Å². The lowest BCUT2D eigenvalue weighted by atomic mass is 10.1. The highest BCUT2D eigenvalue weighted by atomic mass is 19.1. The Balaban J connectivity index is 2.16. The number of benzene rings is 1. The van der Waals surface area contributed by atoms with Crippen molar-refractivity contribution in [2.24, 2.45) is 0 Å². The summed E-state index contributed by atoms with van der Waals surface area (Å²) in [5.74, 6) is -0.779. The molecule has 92 valence electrons. The maximum Gasteiger partial charge on any atom is 0.305 e. The molecule has 0 aromatic heterocycles. The molecular weight excluding hydrogens is 227 g/mol. The van der Waals surface area contributed by atoms with Crippen LogP contribution < -0.4 is 0 Å². The van der Waals surface area contributed by atoms with Gasteiger partial charge in [0.1, 0.15) is 0 Å². The Labute approximate surface area is 97.6 Å². The second-order valence-corrected chi connectivity index (χ2v) is 4.18. The summed E-state index contributed by atoms with van der Waals surface area (Å²) in [7, 11) is 0. The molecule has 1 atom stereocenters. The lowest BCUT2D eigenvalue weighted by Gasteiger charge is -2.15. The first-order chi connectivity index (χ1) is 8.08. The summed E-state index contributed by atoms with van der Waals surface area (Å²) in [5, 5.41) is 19.9. The van der Waals surface area contributed by atoms with Crippen LogP contribution >= 0.6 is 0 Å². The van der Waals surface area contributed by atoms with Crippen LogP contribution in [0.15, 0.2) is 18.2 Å². The molecule has 0 bridgehead atoms. The van der Waals surface area contributed by atoms with E-state index in [9.17, 15) is 19.6 Å². The van der Waals surface area contributed by atoms with Gasteiger partial charge in [0.05, 0.1) is 11.0 Å². The van der Waals surface area contributed by atoms with E-state index >= 15 is 0 Å². The topological polar surface area (TPSA) is 66.6 Å². The summed E-state index contributed by atoms with van der Waals surface area (Å²) < 4.78 is 13.7. The lowest BCUT2D eigenvalue weighted by molar-refractivity contribution is -0.387. The molecule has 1 N–H and O–H groups in total. The summed E-state index contributed by atoms with van der Waals surface area (Å²) in [6, 6.07) is 4.16. The molecule has 6 heteroatoms. The van der Waals surface area contributed by atoms with Crippen LogP contribution in [0.5, 0.6) is 0 Å². The molecule has 1 aromatic carbocycles. The fourth-order valence-corrected chi connectivity index (χ4v) is 2.03. The van der Waals surface area contributed by atoms with Crippen LogP contribution in [0.1, 0.15) is 12.0 Å². The molecule has 0 amide bonds. The number of aliphatic hydroxyl groups is 1. The maximum atomic E-state index is 13.7. The van der Waals surface area contributed by atoms with Gasteiger partial charge in [-0.1, -0.05) is 12.1 Å². The van der Waals surface area contributed by atoms with Crippen LogP contribution in [0.25, 0.3) is 0 Å². The number of rotatable bonds is 3. The van der Waals surface area contributed by atoms with E-state index < -0.39 is 16.4 Å². The van der Waals surface area contributed by atoms with Crippen LogP contribution in [0, 0.1) is 15.9 Å². The summed E-state index contributed by atoms with van der Waals surface area (Å²) >= 11 is 0. The van der Waals surface area contributed by atoms with Gasteiger partial charge in [-0.05, 0) is 6.42 Å². The normalized spacial score (nSPS) is 20.7. The van der Waals surface area contributed by atoms with Crippen molar-refractivity contribution in [1.29, 1.82) is 0 Å². The molecule has 0 spiro atoms. The molecule has 2 rings (SSSR count). The minimum Gasteiger partial charge on any atom is -0.392 e. The van der Waals surface area contributed by atoms with Gasteiger partial charge >= 0.3 is 5.69 Å². The van der Waals surface area contributed by atoms with E-state index in [1.807, 2.05) is 4.90 Å². The predicted octanol–water partition coefficient (Wildman–Crippen LogP) is 1.30. The molecule has 0 unspecified atom stereocenters. The van der Waals surface area contributed by atoms with E-state index in [1.165, 1.54) is 12.1 Å². The van der Waals surface area contributed by atoms with Crippen molar-refractivity contribution < 1.29 is 14.4 Å². The van der Waals surface area contributed by atoms with Gasteiger partial charge in [-0.3, -0.25) is 15.0 Å². The number of halogens is 1. The maximum absolute atomic E-state index is 13.7. The zero-order valence-corrected chi connectivity index (χ0v) is 9.17. The monoisotopic (exact) mass is 240 g/mol. The van der Waals surface area contributed by atoms with E-state index in [-0.39, 0.29) is 6.10 Å². The molecule has 1 aliphatic rings. The number of hydrogen-bond acceptors (Lipinski definition) is 4. The van der Waals surface area contributed by atoms with Gasteiger partial charge in [0.15, 0.2) is 0 Å². The van der Waals surface area contributed by atoms with Crippen molar-refractivity contribution in [3.05, 3.63) is 39.7 Å². The van der Waals surface area contributed by atoms with Crippen molar-refractivity contribution in [3.63, 3.8) is 0 Å². The number of nitrogens with zero attached hydrogens (tertiary/aromatic N) is 2. The summed E-state index contributed by atoms with van der Waals surface area (Å²) in [6.07, 6.45) is 0.285. The molecule has 1 heterocycles. The van der Waals surface area contributed by atoms with E-state index in [0.717, 1.165) is 6.07 Å². The molecule has 5 nitrogen and oxygen atoms in total. The van der Waals surface area contributed by atoms with Crippen molar-refractivity contribution in [3.8, 4) is 0 Å². The highest BCUT2D eigenvalue weighted by Gasteiger charge is 2.23. The summed E-state index contributed by atoms with van der Waals surface area (Å²) in [4.78, 5) is 11.7. The molecule has 0 saturated carbocycles. The smallest absolute Gasteiger partial charge is 0.305 e. The second-order valence-electron chi connectivity index (χ2n) is 4.18. The van der Waals surface area contributed by atoms with Crippen LogP contribution in [0.2, 0.25) is 0 Å². The largest absolute Gasteiger partial charge is 0.392 e. The standard InChI is InChI=1S/C11H13FN2O3/c12-11-8(2-1-3-10(11)14(16)17)6-13-5-4-9(15)7-13/h1-3,9,15H,4-7H2/t9-/m1/s1. The minimum absolute atomic E-state index is 0.296. The fourth-order valence-electron chi connectivity index (χ4n) is 2.03. The Morgan fingerprint density at radius 3 is 2.94 bits per heavy atom. The first kappa shape index (κ1) is 11.9. The van der Waals surface area contributed by atoms with Gasteiger partial charge in [0.25, 0.3) is 0 Å². The Kier molecular flexibility index (Phi) is 3.35. The van der Waals surface area contributed by atoms with Crippen molar-refractivity contribution in [2.75, 3.05) is 13.1 Å². The van der Waals surface area contributed by atoms with Gasteiger partial charge < -0.3 is 5.11 Å². The number of hydrogen-bond donors (Lipinski definition) is 1. The van der Waals surface area contributed by atoms with Crippen molar-refractivity contribution in [2.45, 2.75) is 19.1 Å². The fraction of sp³-hybridized carbons (Fsp3) is 0.455. The van der Waals surface area contributed by atoms with Crippen molar-refractivity contribution >= 4 is 5.69 Å². The molecule has 1 aliphatic heterocycles. The molecule has 0 aliphatic carbocycles. The SMILES string of the molecule is O=[N+]([O-])c1cccc(CN2CC[C@@H](O)C2)c1F. The summed E-state index contributed by atoms with van der Waals surface area (Å²) in [5.41, 5.74) is -0.199. The van der Waals surface area contributed by atoms with Gasteiger partial charge in [0, 0.05) is 31.3 Å². The number of likely N-dealkylation sites (tertiary alicyclic amines) is 1. The van der Waals surface area contributed by atoms with E-state index in [4.69, 9.17) is 0 Å².